The topological polar surface area (TPSA) is 55.8 Å². The van der Waals surface area contributed by atoms with E-state index in [1.54, 1.807) is 0 Å². The molecule has 0 rings (SSSR count). The quantitative estimate of drug-likeness (QED) is 0.638. The van der Waals surface area contributed by atoms with E-state index >= 15 is 0 Å². The molecule has 0 unspecified atom stereocenters. The molecule has 11 heavy (non-hydrogen) atoms. The van der Waals surface area contributed by atoms with Crippen LogP contribution in [0.1, 0.15) is 26.7 Å². The van der Waals surface area contributed by atoms with Crippen molar-refractivity contribution in [1.29, 1.82) is 0 Å². The van der Waals surface area contributed by atoms with Gasteiger partial charge in [0.1, 0.15) is 0 Å². The fourth-order valence-electron chi connectivity index (χ4n) is 0.451. The fraction of sp³-hybridized carbons (Fsp3) is 1.00. The summed E-state index contributed by atoms with van der Waals surface area (Å²) in [6.07, 6.45) is 1.42. The van der Waals surface area contributed by atoms with Crippen molar-refractivity contribution < 1.29 is 18.5 Å². The molecule has 1 N–H and O–H groups in total. The Bertz CT molecular complexity index is 125. The van der Waals surface area contributed by atoms with Crippen LogP contribution >= 0.6 is 7.82 Å². The van der Waals surface area contributed by atoms with E-state index in [9.17, 15) is 4.57 Å². The highest BCUT2D eigenvalue weighted by Gasteiger charge is 2.18. The second-order valence-electron chi connectivity index (χ2n) is 2.14. The van der Waals surface area contributed by atoms with Crippen molar-refractivity contribution in [2.24, 2.45) is 0 Å². The molecule has 0 aliphatic heterocycles. The summed E-state index contributed by atoms with van der Waals surface area (Å²) in [5.41, 5.74) is 0. The van der Waals surface area contributed by atoms with Gasteiger partial charge in [0.15, 0.2) is 0 Å². The van der Waals surface area contributed by atoms with Gasteiger partial charge in [0.2, 0.25) is 0 Å². The predicted octanol–water partition coefficient (Wildman–Crippen LogP) is 1.94. The van der Waals surface area contributed by atoms with Crippen LogP contribution < -0.4 is 0 Å². The lowest BCUT2D eigenvalue weighted by molar-refractivity contribution is 0.150. The molecule has 0 aliphatic rings. The molecule has 0 saturated heterocycles. The van der Waals surface area contributed by atoms with Gasteiger partial charge in [0, 0.05) is 0 Å². The van der Waals surface area contributed by atoms with E-state index in [0.717, 1.165) is 0 Å². The van der Waals surface area contributed by atoms with Gasteiger partial charge in [0.05, 0.1) is 13.2 Å². The van der Waals surface area contributed by atoms with E-state index in [-0.39, 0.29) is 13.2 Å². The molecule has 0 atom stereocenters. The van der Waals surface area contributed by atoms with Crippen LogP contribution in [0.3, 0.4) is 0 Å². The molecule has 5 heteroatoms. The van der Waals surface area contributed by atoms with Crippen molar-refractivity contribution in [1.82, 2.24) is 0 Å². The summed E-state index contributed by atoms with van der Waals surface area (Å²) in [5.74, 6) is 0. The maximum Gasteiger partial charge on any atom is 0.472 e. The van der Waals surface area contributed by atoms with Crippen molar-refractivity contribution >= 4 is 7.82 Å². The van der Waals surface area contributed by atoms with Gasteiger partial charge in [-0.15, -0.1) is 0 Å². The van der Waals surface area contributed by atoms with Crippen molar-refractivity contribution in [3.05, 3.63) is 0 Å². The lowest BCUT2D eigenvalue weighted by Gasteiger charge is -2.09. The minimum Gasteiger partial charge on any atom is -0.302 e. The standard InChI is InChI=1S/C6H15O4P/c1-3-5-9-11(7,8)10-6-4-2/h3-6H2,1-2H3,(H,7,8). The molecule has 0 aliphatic carbocycles. The SMILES string of the molecule is CCCOP(=O)(O)OCCC. The highest BCUT2D eigenvalue weighted by Crippen LogP contribution is 2.43. The maximum absolute atomic E-state index is 10.8. The van der Waals surface area contributed by atoms with Crippen molar-refractivity contribution in [2.75, 3.05) is 13.2 Å². The van der Waals surface area contributed by atoms with Crippen LogP contribution in [-0.4, -0.2) is 18.1 Å². The van der Waals surface area contributed by atoms with E-state index in [1.165, 1.54) is 0 Å². The Morgan fingerprint density at radius 2 is 1.55 bits per heavy atom. The molecule has 0 aromatic carbocycles. The molecule has 0 aromatic heterocycles. The summed E-state index contributed by atoms with van der Waals surface area (Å²) >= 11 is 0. The molecule has 0 fully saturated rings. The summed E-state index contributed by atoms with van der Waals surface area (Å²) in [4.78, 5) is 8.89. The second-order valence-corrected chi connectivity index (χ2v) is 3.59. The lowest BCUT2D eigenvalue weighted by Crippen LogP contribution is -1.96. The number of hydrogen-bond donors (Lipinski definition) is 1. The first-order valence-corrected chi connectivity index (χ1v) is 5.23. The van der Waals surface area contributed by atoms with Crippen LogP contribution in [0.5, 0.6) is 0 Å². The average molecular weight is 182 g/mol. The van der Waals surface area contributed by atoms with E-state index in [0.29, 0.717) is 12.8 Å². The van der Waals surface area contributed by atoms with Crippen LogP contribution in [-0.2, 0) is 13.6 Å². The molecule has 0 heterocycles. The number of phosphoric ester groups is 1. The maximum atomic E-state index is 10.8. The van der Waals surface area contributed by atoms with Crippen LogP contribution in [0.4, 0.5) is 0 Å². The first kappa shape index (κ1) is 11.1. The molecular weight excluding hydrogens is 167 g/mol. The van der Waals surface area contributed by atoms with Gasteiger partial charge in [0.25, 0.3) is 0 Å². The van der Waals surface area contributed by atoms with Gasteiger partial charge in [-0.2, -0.15) is 0 Å². The third-order valence-corrected chi connectivity index (χ3v) is 1.93. The first-order chi connectivity index (χ1) is 5.12. The molecule has 0 spiro atoms. The van der Waals surface area contributed by atoms with E-state index in [2.05, 4.69) is 9.05 Å². The van der Waals surface area contributed by atoms with E-state index in [1.807, 2.05) is 13.8 Å². The number of rotatable bonds is 6. The summed E-state index contributed by atoms with van der Waals surface area (Å²) < 4.78 is 20.0. The minimum absolute atomic E-state index is 0.261. The van der Waals surface area contributed by atoms with Crippen LogP contribution in [0.2, 0.25) is 0 Å². The van der Waals surface area contributed by atoms with Crippen molar-refractivity contribution in [3.8, 4) is 0 Å². The van der Waals surface area contributed by atoms with E-state index < -0.39 is 7.82 Å². The smallest absolute Gasteiger partial charge is 0.302 e. The summed E-state index contributed by atoms with van der Waals surface area (Å²) in [7, 11) is -3.73. The van der Waals surface area contributed by atoms with Crippen LogP contribution in [0, 0.1) is 0 Å². The average Bonchev–Trinajstić information content (AvgIpc) is 1.97. The van der Waals surface area contributed by atoms with Crippen molar-refractivity contribution in [2.45, 2.75) is 26.7 Å². The van der Waals surface area contributed by atoms with Crippen molar-refractivity contribution in [3.63, 3.8) is 0 Å². The lowest BCUT2D eigenvalue weighted by atomic mass is 10.5. The predicted molar refractivity (Wildman–Crippen MR) is 42.3 cm³/mol. The van der Waals surface area contributed by atoms with Gasteiger partial charge in [-0.3, -0.25) is 9.05 Å². The number of phosphoric acid groups is 1. The molecule has 0 bridgehead atoms. The largest absolute Gasteiger partial charge is 0.472 e. The zero-order chi connectivity index (χ0) is 8.74. The molecule has 0 amide bonds. The third kappa shape index (κ3) is 6.51. The highest BCUT2D eigenvalue weighted by molar-refractivity contribution is 7.47. The summed E-state index contributed by atoms with van der Waals surface area (Å²) in [6, 6.07) is 0. The molecule has 0 saturated carbocycles. The Balaban J connectivity index is 3.53. The Labute approximate surface area is 67.1 Å². The molecule has 4 nitrogen and oxygen atoms in total. The van der Waals surface area contributed by atoms with Gasteiger partial charge in [-0.25, -0.2) is 4.57 Å². The Kier molecular flexibility index (Phi) is 5.78. The molecule has 0 aromatic rings. The normalized spacial score (nSPS) is 11.9. The summed E-state index contributed by atoms with van der Waals surface area (Å²) in [5, 5.41) is 0. The molecular formula is C6H15O4P. The Morgan fingerprint density at radius 1 is 1.18 bits per heavy atom. The minimum atomic E-state index is -3.73. The summed E-state index contributed by atoms with van der Waals surface area (Å²) in [6.45, 7) is 4.24. The Morgan fingerprint density at radius 3 is 1.82 bits per heavy atom. The van der Waals surface area contributed by atoms with Crippen LogP contribution in [0.25, 0.3) is 0 Å². The first-order valence-electron chi connectivity index (χ1n) is 3.74. The highest BCUT2D eigenvalue weighted by atomic mass is 31.2. The third-order valence-electron chi connectivity index (χ3n) is 0.917. The zero-order valence-corrected chi connectivity index (χ0v) is 7.84. The van der Waals surface area contributed by atoms with Gasteiger partial charge >= 0.3 is 7.82 Å². The zero-order valence-electron chi connectivity index (χ0n) is 6.95. The van der Waals surface area contributed by atoms with Gasteiger partial charge < -0.3 is 4.89 Å². The molecule has 68 valence electrons. The second kappa shape index (κ2) is 5.72. The number of hydrogen-bond acceptors (Lipinski definition) is 3. The van der Waals surface area contributed by atoms with E-state index in [4.69, 9.17) is 4.89 Å². The van der Waals surface area contributed by atoms with Crippen LogP contribution in [0.15, 0.2) is 0 Å². The Hall–Kier alpha value is 0.110. The van der Waals surface area contributed by atoms with Gasteiger partial charge in [-0.05, 0) is 12.8 Å². The monoisotopic (exact) mass is 182 g/mol. The fourth-order valence-corrected chi connectivity index (χ4v) is 1.35. The molecule has 0 radical (unpaired) electrons. The van der Waals surface area contributed by atoms with Gasteiger partial charge in [-0.1, -0.05) is 13.8 Å².